The van der Waals surface area contributed by atoms with Gasteiger partial charge < -0.3 is 13.9 Å². The van der Waals surface area contributed by atoms with Gasteiger partial charge in [-0.25, -0.2) is 4.98 Å². The Balaban J connectivity index is 1.41. The minimum atomic E-state index is -0.527. The number of benzene rings is 4. The molecule has 0 unspecified atom stereocenters. The first-order chi connectivity index (χ1) is 19.8. The molecule has 200 valence electrons. The van der Waals surface area contributed by atoms with Crippen LogP contribution in [0.25, 0.3) is 55.1 Å². The lowest BCUT2D eigenvalue weighted by molar-refractivity contribution is 0.00578. The molecule has 1 fully saturated rings. The van der Waals surface area contributed by atoms with Gasteiger partial charge in [0, 0.05) is 27.2 Å². The predicted molar refractivity (Wildman–Crippen MR) is 169 cm³/mol. The van der Waals surface area contributed by atoms with Crippen LogP contribution in [-0.4, -0.2) is 32.4 Å². The maximum atomic E-state index is 6.36. The van der Waals surface area contributed by atoms with Crippen LogP contribution in [0.2, 0.25) is 0 Å². The summed E-state index contributed by atoms with van der Waals surface area (Å²) in [5.41, 5.74) is 5.63. The standard InChI is InChI=1S/C35H30BN3O2/c1-34(2)35(3,4)41-36(40-34)32-19-12-20-33(37-32)39-29-18-11-9-16-25(29)27-21-26-24-15-8-10-17-28(24)38(30(26)22-31(27)39)23-13-6-5-7-14-23/h5-22H,1-4H3. The fourth-order valence-electron chi connectivity index (χ4n) is 6.19. The first-order valence-corrected chi connectivity index (χ1v) is 14.2. The number of para-hydroxylation sites is 3. The summed E-state index contributed by atoms with van der Waals surface area (Å²) in [5.74, 6) is 0.838. The zero-order chi connectivity index (χ0) is 27.9. The number of hydrogen-bond acceptors (Lipinski definition) is 3. The van der Waals surface area contributed by atoms with E-state index in [1.807, 2.05) is 12.1 Å². The van der Waals surface area contributed by atoms with Gasteiger partial charge in [0.2, 0.25) is 0 Å². The molecule has 0 aliphatic carbocycles. The Bertz CT molecular complexity index is 2110. The van der Waals surface area contributed by atoms with Crippen LogP contribution in [0.15, 0.2) is 109 Å². The third-order valence-electron chi connectivity index (χ3n) is 8.96. The Hall–Kier alpha value is -4.39. The summed E-state index contributed by atoms with van der Waals surface area (Å²) in [6, 6.07) is 38.6. The fraction of sp³-hybridized carbons (Fsp3) is 0.171. The molecule has 1 saturated heterocycles. The lowest BCUT2D eigenvalue weighted by Gasteiger charge is -2.32. The van der Waals surface area contributed by atoms with Crippen LogP contribution in [-0.2, 0) is 9.31 Å². The average molecular weight is 535 g/mol. The summed E-state index contributed by atoms with van der Waals surface area (Å²) in [4.78, 5) is 5.14. The number of rotatable bonds is 3. The van der Waals surface area contributed by atoms with Gasteiger partial charge in [-0.3, -0.25) is 4.57 Å². The molecule has 1 aliphatic rings. The predicted octanol–water partition coefficient (Wildman–Crippen LogP) is 7.58. The molecule has 4 heterocycles. The van der Waals surface area contributed by atoms with Crippen LogP contribution in [0.5, 0.6) is 0 Å². The normalized spacial score (nSPS) is 16.4. The monoisotopic (exact) mass is 535 g/mol. The average Bonchev–Trinajstić information content (AvgIpc) is 3.56. The van der Waals surface area contributed by atoms with E-state index >= 15 is 0 Å². The molecule has 4 aromatic carbocycles. The molecule has 0 radical (unpaired) electrons. The molecule has 0 saturated carbocycles. The highest BCUT2D eigenvalue weighted by molar-refractivity contribution is 6.61. The van der Waals surface area contributed by atoms with Gasteiger partial charge in [-0.1, -0.05) is 60.7 Å². The summed E-state index contributed by atoms with van der Waals surface area (Å²) in [5, 5.41) is 4.88. The van der Waals surface area contributed by atoms with E-state index < -0.39 is 18.3 Å². The lowest BCUT2D eigenvalue weighted by Crippen LogP contribution is -2.41. The van der Waals surface area contributed by atoms with Crippen molar-refractivity contribution in [1.82, 2.24) is 14.1 Å². The first kappa shape index (κ1) is 24.4. The van der Waals surface area contributed by atoms with E-state index in [2.05, 4.69) is 134 Å². The molecule has 1 aliphatic heterocycles. The van der Waals surface area contributed by atoms with E-state index in [-0.39, 0.29) is 0 Å². The first-order valence-electron chi connectivity index (χ1n) is 14.2. The molecular formula is C35H30BN3O2. The van der Waals surface area contributed by atoms with E-state index in [1.54, 1.807) is 0 Å². The second-order valence-electron chi connectivity index (χ2n) is 11.9. The second kappa shape index (κ2) is 8.56. The highest BCUT2D eigenvalue weighted by Crippen LogP contribution is 2.40. The molecule has 8 rings (SSSR count). The van der Waals surface area contributed by atoms with Crippen LogP contribution in [0.4, 0.5) is 0 Å². The highest BCUT2D eigenvalue weighted by Gasteiger charge is 2.52. The Labute approximate surface area is 239 Å². The molecule has 3 aromatic heterocycles. The molecule has 0 bridgehead atoms. The summed E-state index contributed by atoms with van der Waals surface area (Å²) >= 11 is 0. The van der Waals surface area contributed by atoms with Crippen LogP contribution in [0.1, 0.15) is 27.7 Å². The minimum absolute atomic E-state index is 0.432. The summed E-state index contributed by atoms with van der Waals surface area (Å²) in [6.07, 6.45) is 0. The molecular weight excluding hydrogens is 505 g/mol. The van der Waals surface area contributed by atoms with Crippen molar-refractivity contribution in [2.75, 3.05) is 0 Å². The van der Waals surface area contributed by atoms with Crippen molar-refractivity contribution in [2.24, 2.45) is 0 Å². The highest BCUT2D eigenvalue weighted by atomic mass is 16.7. The second-order valence-corrected chi connectivity index (χ2v) is 11.9. The van der Waals surface area contributed by atoms with Gasteiger partial charge in [0.1, 0.15) is 5.82 Å². The van der Waals surface area contributed by atoms with Crippen LogP contribution < -0.4 is 5.59 Å². The van der Waals surface area contributed by atoms with Crippen LogP contribution in [0, 0.1) is 0 Å². The van der Waals surface area contributed by atoms with Crippen molar-refractivity contribution in [3.05, 3.63) is 109 Å². The van der Waals surface area contributed by atoms with Crippen molar-refractivity contribution < 1.29 is 9.31 Å². The number of aromatic nitrogens is 3. The SMILES string of the molecule is CC1(C)OB(c2cccc(-n3c4ccccc4c4cc5c6ccccc6n(-c6ccccc6)c5cc43)n2)OC1(C)C. The maximum Gasteiger partial charge on any atom is 0.514 e. The number of pyridine rings is 1. The van der Waals surface area contributed by atoms with Crippen molar-refractivity contribution in [3.8, 4) is 11.5 Å². The third-order valence-corrected chi connectivity index (χ3v) is 8.96. The Morgan fingerprint density at radius 1 is 0.537 bits per heavy atom. The van der Waals surface area contributed by atoms with Crippen LogP contribution in [0.3, 0.4) is 0 Å². The number of nitrogens with zero attached hydrogens (tertiary/aromatic N) is 3. The van der Waals surface area contributed by atoms with E-state index in [1.165, 1.54) is 27.1 Å². The number of fused-ring (bicyclic) bond motifs is 6. The molecule has 7 aromatic rings. The zero-order valence-corrected chi connectivity index (χ0v) is 23.6. The summed E-state index contributed by atoms with van der Waals surface area (Å²) < 4.78 is 17.3. The van der Waals surface area contributed by atoms with E-state index in [4.69, 9.17) is 14.3 Å². The molecule has 41 heavy (non-hydrogen) atoms. The molecule has 5 nitrogen and oxygen atoms in total. The van der Waals surface area contributed by atoms with Gasteiger partial charge in [0.25, 0.3) is 0 Å². The van der Waals surface area contributed by atoms with Gasteiger partial charge in [-0.15, -0.1) is 0 Å². The smallest absolute Gasteiger partial charge is 0.398 e. The van der Waals surface area contributed by atoms with Crippen molar-refractivity contribution in [1.29, 1.82) is 0 Å². The Morgan fingerprint density at radius 3 is 1.76 bits per heavy atom. The fourth-order valence-corrected chi connectivity index (χ4v) is 6.19. The van der Waals surface area contributed by atoms with E-state index in [0.29, 0.717) is 0 Å². The topological polar surface area (TPSA) is 41.2 Å². The Morgan fingerprint density at radius 2 is 1.10 bits per heavy atom. The van der Waals surface area contributed by atoms with Gasteiger partial charge in [0.05, 0.1) is 38.9 Å². The van der Waals surface area contributed by atoms with Crippen molar-refractivity contribution in [3.63, 3.8) is 0 Å². The lowest BCUT2D eigenvalue weighted by atomic mass is 9.84. The minimum Gasteiger partial charge on any atom is -0.398 e. The largest absolute Gasteiger partial charge is 0.514 e. The van der Waals surface area contributed by atoms with Gasteiger partial charge in [0.15, 0.2) is 0 Å². The third kappa shape index (κ3) is 3.54. The summed E-state index contributed by atoms with van der Waals surface area (Å²) in [7, 11) is -0.527. The Kier molecular flexibility index (Phi) is 5.10. The maximum absolute atomic E-state index is 6.36. The molecule has 6 heteroatoms. The molecule has 0 spiro atoms. The quantitative estimate of drug-likeness (QED) is 0.219. The zero-order valence-electron chi connectivity index (χ0n) is 23.6. The van der Waals surface area contributed by atoms with E-state index in [9.17, 15) is 0 Å². The molecule has 0 atom stereocenters. The van der Waals surface area contributed by atoms with Gasteiger partial charge in [-0.05, 0) is 76.2 Å². The van der Waals surface area contributed by atoms with Gasteiger partial charge >= 0.3 is 7.12 Å². The van der Waals surface area contributed by atoms with Crippen LogP contribution >= 0.6 is 0 Å². The van der Waals surface area contributed by atoms with E-state index in [0.717, 1.165) is 33.6 Å². The molecule has 0 N–H and O–H groups in total. The molecule has 0 amide bonds. The van der Waals surface area contributed by atoms with Crippen molar-refractivity contribution in [2.45, 2.75) is 38.9 Å². The van der Waals surface area contributed by atoms with Crippen molar-refractivity contribution >= 4 is 56.3 Å². The summed E-state index contributed by atoms with van der Waals surface area (Å²) in [6.45, 7) is 8.28. The van der Waals surface area contributed by atoms with Gasteiger partial charge in [-0.2, -0.15) is 0 Å². The number of hydrogen-bond donors (Lipinski definition) is 0.